The molecule has 5 rings (SSSR count). The monoisotopic (exact) mass is 429 g/mol. The maximum atomic E-state index is 13.6. The molecule has 0 radical (unpaired) electrons. The molecule has 3 amide bonds. The van der Waals surface area contributed by atoms with Crippen LogP contribution in [0.4, 0.5) is 10.5 Å². The number of guanidine groups is 1. The Hall–Kier alpha value is -3.61. The highest BCUT2D eigenvalue weighted by atomic mass is 16.2. The lowest BCUT2D eigenvalue weighted by molar-refractivity contribution is -0.137. The third-order valence-electron chi connectivity index (χ3n) is 6.42. The van der Waals surface area contributed by atoms with Gasteiger partial charge in [-0.3, -0.25) is 14.6 Å². The van der Waals surface area contributed by atoms with Crippen molar-refractivity contribution < 1.29 is 9.59 Å². The molecule has 0 spiro atoms. The van der Waals surface area contributed by atoms with Crippen LogP contribution in [0.25, 0.3) is 0 Å². The van der Waals surface area contributed by atoms with Crippen LogP contribution in [0.3, 0.4) is 0 Å². The molecular weight excluding hydrogens is 402 g/mol. The van der Waals surface area contributed by atoms with E-state index in [1.807, 2.05) is 49.2 Å². The van der Waals surface area contributed by atoms with Crippen molar-refractivity contribution in [2.24, 2.45) is 4.99 Å². The van der Waals surface area contributed by atoms with E-state index in [-0.39, 0.29) is 18.5 Å². The van der Waals surface area contributed by atoms with E-state index < -0.39 is 12.2 Å². The van der Waals surface area contributed by atoms with Crippen LogP contribution < -0.4 is 4.90 Å². The number of anilines is 1. The summed E-state index contributed by atoms with van der Waals surface area (Å²) in [7, 11) is 1.72. The van der Waals surface area contributed by atoms with Crippen molar-refractivity contribution in [3.05, 3.63) is 76.6 Å². The van der Waals surface area contributed by atoms with Crippen LogP contribution in [0.15, 0.2) is 59.4 Å². The number of rotatable bonds is 3. The van der Waals surface area contributed by atoms with Crippen molar-refractivity contribution in [1.82, 2.24) is 14.7 Å². The molecule has 7 nitrogen and oxygen atoms in total. The van der Waals surface area contributed by atoms with Gasteiger partial charge in [0, 0.05) is 18.9 Å². The maximum Gasteiger partial charge on any atom is 0.328 e. The average molecular weight is 430 g/mol. The van der Waals surface area contributed by atoms with Crippen LogP contribution in [0.2, 0.25) is 0 Å². The third-order valence-corrected chi connectivity index (χ3v) is 6.42. The lowest BCUT2D eigenvalue weighted by atomic mass is 10.1. The molecule has 3 aliphatic rings. The zero-order valence-electron chi connectivity index (χ0n) is 19.0. The fourth-order valence-corrected chi connectivity index (χ4v) is 4.75. The largest absolute Gasteiger partial charge is 0.328 e. The Balaban J connectivity index is 1.50. The molecule has 2 aromatic rings. The molecule has 2 unspecified atom stereocenters. The highest BCUT2D eigenvalue weighted by molar-refractivity contribution is 6.10. The van der Waals surface area contributed by atoms with Gasteiger partial charge in [0.2, 0.25) is 5.96 Å². The number of nitrogens with zero attached hydrogens (tertiary/aromatic N) is 5. The first kappa shape index (κ1) is 20.3. The van der Waals surface area contributed by atoms with Gasteiger partial charge >= 0.3 is 6.03 Å². The van der Waals surface area contributed by atoms with E-state index in [9.17, 15) is 9.59 Å². The fraction of sp³-hybridized carbons (Fsp3) is 0.320. The number of allylic oxidation sites excluding steroid dienone is 1. The predicted molar refractivity (Wildman–Crippen MR) is 124 cm³/mol. The number of hydrogen-bond donors (Lipinski definition) is 0. The number of aryl methyl sites for hydroxylation is 3. The van der Waals surface area contributed by atoms with Gasteiger partial charge in [-0.2, -0.15) is 0 Å². The zero-order valence-corrected chi connectivity index (χ0v) is 19.0. The Morgan fingerprint density at radius 3 is 2.47 bits per heavy atom. The van der Waals surface area contributed by atoms with Gasteiger partial charge in [-0.05, 0) is 50.5 Å². The summed E-state index contributed by atoms with van der Waals surface area (Å²) in [6, 6.07) is 13.3. The molecule has 0 bridgehead atoms. The second kappa shape index (κ2) is 7.22. The molecule has 0 aromatic heterocycles. The van der Waals surface area contributed by atoms with Crippen molar-refractivity contribution in [2.75, 3.05) is 11.9 Å². The molecule has 32 heavy (non-hydrogen) atoms. The number of benzene rings is 2. The first-order valence-electron chi connectivity index (χ1n) is 10.8. The second-order valence-electron chi connectivity index (χ2n) is 8.90. The average Bonchev–Trinajstić information content (AvgIpc) is 3.26. The van der Waals surface area contributed by atoms with Gasteiger partial charge in [0.05, 0.1) is 12.2 Å². The summed E-state index contributed by atoms with van der Waals surface area (Å²) in [5.74, 6) is 0.474. The maximum absolute atomic E-state index is 13.6. The fourth-order valence-electron chi connectivity index (χ4n) is 4.75. The van der Waals surface area contributed by atoms with Crippen molar-refractivity contribution >= 4 is 23.6 Å². The third kappa shape index (κ3) is 2.99. The summed E-state index contributed by atoms with van der Waals surface area (Å²) in [5.41, 5.74) is 6.34. The van der Waals surface area contributed by atoms with Crippen molar-refractivity contribution in [3.8, 4) is 0 Å². The number of aliphatic imine (C=N–C) groups is 1. The van der Waals surface area contributed by atoms with Gasteiger partial charge in [-0.15, -0.1) is 0 Å². The van der Waals surface area contributed by atoms with Crippen LogP contribution in [0.5, 0.6) is 0 Å². The smallest absolute Gasteiger partial charge is 0.302 e. The molecule has 7 heteroatoms. The minimum atomic E-state index is -0.567. The molecule has 0 N–H and O–H groups in total. The number of carbonyl (C=O) groups is 2. The van der Waals surface area contributed by atoms with E-state index in [4.69, 9.17) is 4.99 Å². The Bertz CT molecular complexity index is 1200. The molecular formula is C25H27N5O2. The predicted octanol–water partition coefficient (Wildman–Crippen LogP) is 3.75. The normalized spacial score (nSPS) is 22.3. The molecule has 0 aliphatic carbocycles. The Morgan fingerprint density at radius 2 is 1.72 bits per heavy atom. The number of hydrogen-bond acceptors (Lipinski definition) is 5. The lowest BCUT2D eigenvalue weighted by Crippen LogP contribution is -2.63. The first-order chi connectivity index (χ1) is 15.3. The van der Waals surface area contributed by atoms with E-state index >= 15 is 0 Å². The van der Waals surface area contributed by atoms with Gasteiger partial charge in [-0.25, -0.2) is 9.79 Å². The molecule has 2 atom stereocenters. The molecule has 1 fully saturated rings. The van der Waals surface area contributed by atoms with E-state index in [2.05, 4.69) is 36.9 Å². The van der Waals surface area contributed by atoms with Crippen molar-refractivity contribution in [3.63, 3.8) is 0 Å². The van der Waals surface area contributed by atoms with Crippen LogP contribution in [-0.4, -0.2) is 51.9 Å². The van der Waals surface area contributed by atoms with Crippen LogP contribution in [0.1, 0.15) is 29.2 Å². The summed E-state index contributed by atoms with van der Waals surface area (Å²) < 4.78 is 0. The van der Waals surface area contributed by atoms with Crippen LogP contribution >= 0.6 is 0 Å². The van der Waals surface area contributed by atoms with Crippen molar-refractivity contribution in [1.29, 1.82) is 0 Å². The molecule has 164 valence electrons. The summed E-state index contributed by atoms with van der Waals surface area (Å²) in [4.78, 5) is 38.5. The summed E-state index contributed by atoms with van der Waals surface area (Å²) >= 11 is 0. The summed E-state index contributed by atoms with van der Waals surface area (Å²) in [5, 5.41) is 0. The van der Waals surface area contributed by atoms with E-state index in [0.717, 1.165) is 33.6 Å². The highest BCUT2D eigenvalue weighted by Gasteiger charge is 2.54. The summed E-state index contributed by atoms with van der Waals surface area (Å²) in [6.07, 6.45) is 1.42. The SMILES string of the molecule is CC1=CN2C(=NC3C2C(=O)N(Cc2cccc(C)c2)C(=O)N3C)N1c1cc(C)ccc1C. The number of urea groups is 1. The van der Waals surface area contributed by atoms with E-state index in [1.54, 1.807) is 11.9 Å². The lowest BCUT2D eigenvalue weighted by Gasteiger charge is -2.40. The van der Waals surface area contributed by atoms with Crippen molar-refractivity contribution in [2.45, 2.75) is 46.4 Å². The van der Waals surface area contributed by atoms with Gasteiger partial charge in [0.15, 0.2) is 12.2 Å². The number of fused-ring (bicyclic) bond motifs is 3. The molecule has 3 heterocycles. The highest BCUT2D eigenvalue weighted by Crippen LogP contribution is 2.38. The quantitative estimate of drug-likeness (QED) is 0.746. The van der Waals surface area contributed by atoms with Crippen LogP contribution in [-0.2, 0) is 11.3 Å². The molecule has 3 aliphatic heterocycles. The van der Waals surface area contributed by atoms with Gasteiger partial charge in [-0.1, -0.05) is 42.0 Å². The van der Waals surface area contributed by atoms with Crippen LogP contribution in [0, 0.1) is 20.8 Å². The Labute approximate surface area is 188 Å². The Kier molecular flexibility index (Phi) is 4.58. The first-order valence-corrected chi connectivity index (χ1v) is 10.8. The summed E-state index contributed by atoms with van der Waals surface area (Å²) in [6.45, 7) is 8.40. The Morgan fingerprint density at radius 1 is 0.969 bits per heavy atom. The minimum Gasteiger partial charge on any atom is -0.302 e. The number of imide groups is 1. The number of amides is 3. The number of carbonyl (C=O) groups excluding carboxylic acids is 2. The molecule has 0 saturated carbocycles. The second-order valence-corrected chi connectivity index (χ2v) is 8.90. The van der Waals surface area contributed by atoms with E-state index in [0.29, 0.717) is 5.96 Å². The van der Waals surface area contributed by atoms with Gasteiger partial charge in [0.25, 0.3) is 5.91 Å². The standard InChI is InChI=1S/C25H27N5O2/c1-15-7-6-8-19(11-15)14-29-23(31)21-22(27(5)25(29)32)26-24-28(21)13-18(4)30(24)20-12-16(2)9-10-17(20)3/h6-13,21-22H,14H2,1-5H3. The molecule has 1 saturated heterocycles. The number of likely N-dealkylation sites (N-methyl/N-ethyl adjacent to an activating group) is 1. The minimum absolute atomic E-state index is 0.217. The topological polar surface area (TPSA) is 59.5 Å². The van der Waals surface area contributed by atoms with E-state index in [1.165, 1.54) is 4.90 Å². The zero-order chi connectivity index (χ0) is 22.7. The van der Waals surface area contributed by atoms with Gasteiger partial charge in [0.1, 0.15) is 0 Å². The molecule has 2 aromatic carbocycles. The van der Waals surface area contributed by atoms with Gasteiger partial charge < -0.3 is 9.80 Å².